The van der Waals surface area contributed by atoms with Gasteiger partial charge in [-0.05, 0) is 38.3 Å². The Labute approximate surface area is 151 Å². The normalized spacial score (nSPS) is 20.5. The number of anilines is 1. The molecule has 2 atom stereocenters. The smallest absolute Gasteiger partial charge is 0.226 e. The second-order valence-corrected chi connectivity index (χ2v) is 6.95. The Kier molecular flexibility index (Phi) is 4.24. The van der Waals surface area contributed by atoms with Gasteiger partial charge in [-0.3, -0.25) is 0 Å². The quantitative estimate of drug-likeness (QED) is 0.772. The lowest BCUT2D eigenvalue weighted by Crippen LogP contribution is -2.42. The van der Waals surface area contributed by atoms with Gasteiger partial charge in [0.1, 0.15) is 11.5 Å². The molecule has 4 rings (SSSR count). The second-order valence-electron chi connectivity index (χ2n) is 6.95. The SMILES string of the molecule is Cc1cc(-c2cnc(N3CCC(O)C(C)C3)nc2-c2ccc(C)o2)on1. The van der Waals surface area contributed by atoms with Gasteiger partial charge in [0, 0.05) is 25.4 Å². The monoisotopic (exact) mass is 354 g/mol. The molecule has 7 nitrogen and oxygen atoms in total. The van der Waals surface area contributed by atoms with E-state index < -0.39 is 0 Å². The van der Waals surface area contributed by atoms with E-state index in [1.165, 1.54) is 0 Å². The number of hydrogen-bond donors (Lipinski definition) is 1. The molecule has 1 saturated heterocycles. The summed E-state index contributed by atoms with van der Waals surface area (Å²) in [7, 11) is 0. The van der Waals surface area contributed by atoms with Gasteiger partial charge in [-0.15, -0.1) is 0 Å². The first-order chi connectivity index (χ1) is 12.5. The second kappa shape index (κ2) is 6.57. The zero-order chi connectivity index (χ0) is 18.3. The predicted octanol–water partition coefficient (Wildman–Crippen LogP) is 3.22. The molecule has 0 aliphatic carbocycles. The molecule has 0 amide bonds. The highest BCUT2D eigenvalue weighted by Crippen LogP contribution is 2.33. The van der Waals surface area contributed by atoms with Crippen LogP contribution in [0.25, 0.3) is 22.8 Å². The van der Waals surface area contributed by atoms with Gasteiger partial charge in [-0.2, -0.15) is 0 Å². The van der Waals surface area contributed by atoms with Gasteiger partial charge in [0.2, 0.25) is 5.95 Å². The summed E-state index contributed by atoms with van der Waals surface area (Å²) in [5, 5.41) is 13.9. The maximum Gasteiger partial charge on any atom is 0.226 e. The van der Waals surface area contributed by atoms with Crippen molar-refractivity contribution in [3.63, 3.8) is 0 Å². The van der Waals surface area contributed by atoms with Gasteiger partial charge in [0.15, 0.2) is 11.5 Å². The summed E-state index contributed by atoms with van der Waals surface area (Å²) in [5.74, 6) is 2.90. The third kappa shape index (κ3) is 3.10. The van der Waals surface area contributed by atoms with Crippen LogP contribution in [0.1, 0.15) is 24.8 Å². The number of furan rings is 1. The lowest BCUT2D eigenvalue weighted by atomic mass is 9.97. The van der Waals surface area contributed by atoms with Gasteiger partial charge in [0.05, 0.1) is 17.4 Å². The molecular weight excluding hydrogens is 332 g/mol. The van der Waals surface area contributed by atoms with Crippen LogP contribution in [0.3, 0.4) is 0 Å². The zero-order valence-corrected chi connectivity index (χ0v) is 15.1. The fourth-order valence-corrected chi connectivity index (χ4v) is 3.26. The minimum Gasteiger partial charge on any atom is -0.460 e. The summed E-state index contributed by atoms with van der Waals surface area (Å²) >= 11 is 0. The van der Waals surface area contributed by atoms with E-state index >= 15 is 0 Å². The number of piperidine rings is 1. The van der Waals surface area contributed by atoms with Gasteiger partial charge in [0.25, 0.3) is 0 Å². The van der Waals surface area contributed by atoms with E-state index in [0.717, 1.165) is 30.1 Å². The Morgan fingerprint density at radius 1 is 1.23 bits per heavy atom. The Hall–Kier alpha value is -2.67. The van der Waals surface area contributed by atoms with Gasteiger partial charge < -0.3 is 18.9 Å². The highest BCUT2D eigenvalue weighted by atomic mass is 16.5. The number of nitrogens with zero attached hydrogens (tertiary/aromatic N) is 4. The van der Waals surface area contributed by atoms with E-state index in [2.05, 4.69) is 15.0 Å². The van der Waals surface area contributed by atoms with E-state index in [4.69, 9.17) is 13.9 Å². The molecular formula is C19H22N4O3. The minimum absolute atomic E-state index is 0.179. The highest BCUT2D eigenvalue weighted by Gasteiger charge is 2.27. The molecule has 1 aliphatic heterocycles. The van der Waals surface area contributed by atoms with Gasteiger partial charge in [-0.25, -0.2) is 9.97 Å². The molecule has 0 saturated carbocycles. The third-order valence-electron chi connectivity index (χ3n) is 4.79. The first-order valence-electron chi connectivity index (χ1n) is 8.82. The standard InChI is InChI=1S/C19H22N4O3/c1-11-10-23(7-6-15(11)24)19-20-9-14(17-8-12(2)22-26-17)18(21-19)16-5-4-13(3)25-16/h4-5,8-9,11,15,24H,6-7,10H2,1-3H3. The summed E-state index contributed by atoms with van der Waals surface area (Å²) in [4.78, 5) is 11.4. The molecule has 0 radical (unpaired) electrons. The van der Waals surface area contributed by atoms with Crippen LogP contribution >= 0.6 is 0 Å². The van der Waals surface area contributed by atoms with Crippen LogP contribution in [0.2, 0.25) is 0 Å². The van der Waals surface area contributed by atoms with Crippen molar-refractivity contribution in [2.75, 3.05) is 18.0 Å². The molecule has 0 spiro atoms. The summed E-state index contributed by atoms with van der Waals surface area (Å²) in [5.41, 5.74) is 2.22. The Balaban J connectivity index is 1.77. The van der Waals surface area contributed by atoms with Gasteiger partial charge >= 0.3 is 0 Å². The molecule has 0 bridgehead atoms. The summed E-state index contributed by atoms with van der Waals surface area (Å²) < 4.78 is 11.2. The molecule has 0 aromatic carbocycles. The molecule has 26 heavy (non-hydrogen) atoms. The maximum atomic E-state index is 9.97. The lowest BCUT2D eigenvalue weighted by Gasteiger charge is -2.34. The Morgan fingerprint density at radius 3 is 2.73 bits per heavy atom. The molecule has 1 N–H and O–H groups in total. The lowest BCUT2D eigenvalue weighted by molar-refractivity contribution is 0.0966. The van der Waals surface area contributed by atoms with Crippen LogP contribution in [-0.4, -0.2) is 39.4 Å². The van der Waals surface area contributed by atoms with Crippen LogP contribution in [0.5, 0.6) is 0 Å². The first kappa shape index (κ1) is 16.8. The molecule has 7 heteroatoms. The first-order valence-corrected chi connectivity index (χ1v) is 8.82. The van der Waals surface area contributed by atoms with Crippen LogP contribution in [0, 0.1) is 19.8 Å². The molecule has 1 aliphatic rings. The summed E-state index contributed by atoms with van der Waals surface area (Å²) in [6.07, 6.45) is 2.20. The fraction of sp³-hybridized carbons (Fsp3) is 0.421. The average Bonchev–Trinajstić information content (AvgIpc) is 3.25. The number of hydrogen-bond acceptors (Lipinski definition) is 7. The molecule has 2 unspecified atom stereocenters. The fourth-order valence-electron chi connectivity index (χ4n) is 3.26. The van der Waals surface area contributed by atoms with Gasteiger partial charge in [-0.1, -0.05) is 12.1 Å². The van der Waals surface area contributed by atoms with E-state index in [1.807, 2.05) is 39.0 Å². The Bertz CT molecular complexity index is 917. The topological polar surface area (TPSA) is 88.4 Å². The Morgan fingerprint density at radius 2 is 2.08 bits per heavy atom. The molecule has 4 heterocycles. The van der Waals surface area contributed by atoms with Crippen molar-refractivity contribution in [2.45, 2.75) is 33.3 Å². The van der Waals surface area contributed by atoms with E-state index in [1.54, 1.807) is 6.20 Å². The van der Waals surface area contributed by atoms with Crippen LogP contribution in [0.4, 0.5) is 5.95 Å². The van der Waals surface area contributed by atoms with Crippen molar-refractivity contribution in [1.29, 1.82) is 0 Å². The average molecular weight is 354 g/mol. The minimum atomic E-state index is -0.269. The third-order valence-corrected chi connectivity index (χ3v) is 4.79. The number of aromatic nitrogens is 3. The number of aliphatic hydroxyl groups is 1. The van der Waals surface area contributed by atoms with Crippen molar-refractivity contribution >= 4 is 5.95 Å². The largest absolute Gasteiger partial charge is 0.460 e. The van der Waals surface area contributed by atoms with Crippen molar-refractivity contribution in [2.24, 2.45) is 5.92 Å². The van der Waals surface area contributed by atoms with Crippen molar-refractivity contribution in [1.82, 2.24) is 15.1 Å². The number of aryl methyl sites for hydroxylation is 2. The predicted molar refractivity (Wildman–Crippen MR) is 96.7 cm³/mol. The van der Waals surface area contributed by atoms with Crippen molar-refractivity contribution < 1.29 is 14.0 Å². The molecule has 1 fully saturated rings. The van der Waals surface area contributed by atoms with E-state index in [9.17, 15) is 5.11 Å². The van der Waals surface area contributed by atoms with E-state index in [-0.39, 0.29) is 12.0 Å². The zero-order valence-electron chi connectivity index (χ0n) is 15.1. The molecule has 136 valence electrons. The number of aliphatic hydroxyl groups excluding tert-OH is 1. The summed E-state index contributed by atoms with van der Waals surface area (Å²) in [6.45, 7) is 7.26. The van der Waals surface area contributed by atoms with Crippen molar-refractivity contribution in [3.8, 4) is 22.8 Å². The maximum absolute atomic E-state index is 9.97. The van der Waals surface area contributed by atoms with Crippen LogP contribution < -0.4 is 4.90 Å². The van der Waals surface area contributed by atoms with Crippen LogP contribution in [-0.2, 0) is 0 Å². The van der Waals surface area contributed by atoms with Crippen molar-refractivity contribution in [3.05, 3.63) is 35.9 Å². The molecule has 3 aromatic rings. The van der Waals surface area contributed by atoms with Crippen LogP contribution in [0.15, 0.2) is 33.3 Å². The van der Waals surface area contributed by atoms with E-state index in [0.29, 0.717) is 29.6 Å². The summed E-state index contributed by atoms with van der Waals surface area (Å²) in [6, 6.07) is 5.67. The highest BCUT2D eigenvalue weighted by molar-refractivity contribution is 5.76. The molecule has 3 aromatic heterocycles. The number of rotatable bonds is 3.